The van der Waals surface area contributed by atoms with Gasteiger partial charge in [0.2, 0.25) is 5.91 Å². The van der Waals surface area contributed by atoms with Crippen LogP contribution in [0.4, 0.5) is 5.69 Å². The Kier molecular flexibility index (Phi) is 5.48. The van der Waals surface area contributed by atoms with E-state index in [1.165, 1.54) is 27.7 Å². The number of carbonyl (C=O) groups is 1. The molecule has 7 heteroatoms. The lowest BCUT2D eigenvalue weighted by atomic mass is 10.0. The summed E-state index contributed by atoms with van der Waals surface area (Å²) >= 11 is 2.67. The minimum atomic E-state index is -0.385. The molecular formula is C19H21N3O2S2. The number of anilines is 1. The van der Waals surface area contributed by atoms with E-state index in [0.29, 0.717) is 21.3 Å². The summed E-state index contributed by atoms with van der Waals surface area (Å²) in [6, 6.07) is 9.65. The Hall–Kier alpha value is -2.12. The van der Waals surface area contributed by atoms with Crippen molar-refractivity contribution in [2.75, 3.05) is 5.32 Å². The predicted octanol–water partition coefficient (Wildman–Crippen LogP) is 4.24. The van der Waals surface area contributed by atoms with Crippen molar-refractivity contribution < 1.29 is 4.79 Å². The number of para-hydroxylation sites is 1. The lowest BCUT2D eigenvalue weighted by molar-refractivity contribution is -0.115. The number of aromatic nitrogens is 2. The molecule has 3 rings (SSSR count). The molecule has 1 unspecified atom stereocenters. The molecule has 5 nitrogen and oxygen atoms in total. The van der Waals surface area contributed by atoms with E-state index in [0.717, 1.165) is 11.3 Å². The van der Waals surface area contributed by atoms with Crippen molar-refractivity contribution >= 4 is 44.9 Å². The van der Waals surface area contributed by atoms with Gasteiger partial charge in [-0.3, -0.25) is 14.2 Å². The standard InChI is InChI=1S/C19H21N3O2S2/c1-11(2)13-7-5-6-8-14(13)20-17(23)12(3)26-19-21-15-9-10-25-16(15)18(24)22(19)4/h5-12H,1-4H3,(H,20,23). The van der Waals surface area contributed by atoms with Gasteiger partial charge in [0.1, 0.15) is 4.70 Å². The van der Waals surface area contributed by atoms with E-state index < -0.39 is 0 Å². The Morgan fingerprint density at radius 2 is 1.96 bits per heavy atom. The lowest BCUT2D eigenvalue weighted by Gasteiger charge is -2.17. The first-order valence-corrected chi connectivity index (χ1v) is 10.1. The quantitative estimate of drug-likeness (QED) is 0.525. The summed E-state index contributed by atoms with van der Waals surface area (Å²) in [7, 11) is 1.69. The monoisotopic (exact) mass is 387 g/mol. The zero-order valence-corrected chi connectivity index (χ0v) is 16.8. The Bertz CT molecular complexity index is 1010. The second-order valence-corrected chi connectivity index (χ2v) is 8.61. The first-order valence-electron chi connectivity index (χ1n) is 8.39. The largest absolute Gasteiger partial charge is 0.325 e. The molecule has 0 spiro atoms. The maximum atomic E-state index is 12.7. The fourth-order valence-corrected chi connectivity index (χ4v) is 4.31. The molecule has 2 aromatic heterocycles. The van der Waals surface area contributed by atoms with Crippen LogP contribution in [-0.4, -0.2) is 20.7 Å². The Balaban J connectivity index is 1.80. The molecule has 0 aliphatic heterocycles. The number of hydrogen-bond donors (Lipinski definition) is 1. The average molecular weight is 388 g/mol. The van der Waals surface area contributed by atoms with Crippen LogP contribution in [0.2, 0.25) is 0 Å². The number of benzene rings is 1. The van der Waals surface area contributed by atoms with Crippen molar-refractivity contribution in [3.63, 3.8) is 0 Å². The van der Waals surface area contributed by atoms with Crippen LogP contribution in [0.1, 0.15) is 32.3 Å². The second kappa shape index (κ2) is 7.63. The summed E-state index contributed by atoms with van der Waals surface area (Å²) in [6.07, 6.45) is 0. The normalized spacial score (nSPS) is 12.5. The summed E-state index contributed by atoms with van der Waals surface area (Å²) in [4.78, 5) is 29.6. The van der Waals surface area contributed by atoms with E-state index in [2.05, 4.69) is 24.1 Å². The fraction of sp³-hybridized carbons (Fsp3) is 0.316. The predicted molar refractivity (Wildman–Crippen MR) is 109 cm³/mol. The molecule has 0 radical (unpaired) electrons. The average Bonchev–Trinajstić information content (AvgIpc) is 3.08. The highest BCUT2D eigenvalue weighted by molar-refractivity contribution is 8.00. The molecule has 0 saturated carbocycles. The minimum absolute atomic E-state index is 0.0785. The van der Waals surface area contributed by atoms with Crippen LogP contribution in [-0.2, 0) is 11.8 Å². The molecule has 1 atom stereocenters. The van der Waals surface area contributed by atoms with Crippen LogP contribution < -0.4 is 10.9 Å². The summed E-state index contributed by atoms with van der Waals surface area (Å²) in [5.74, 6) is 0.209. The van der Waals surface area contributed by atoms with Gasteiger partial charge in [0, 0.05) is 12.7 Å². The molecule has 0 saturated heterocycles. The molecule has 1 amide bonds. The van der Waals surface area contributed by atoms with Crippen LogP contribution in [0, 0.1) is 0 Å². The van der Waals surface area contributed by atoms with E-state index in [1.807, 2.05) is 42.6 Å². The lowest BCUT2D eigenvalue weighted by Crippen LogP contribution is -2.25. The summed E-state index contributed by atoms with van der Waals surface area (Å²) in [5.41, 5.74) is 2.53. The van der Waals surface area contributed by atoms with Crippen molar-refractivity contribution in [3.05, 3.63) is 51.6 Å². The highest BCUT2D eigenvalue weighted by Gasteiger charge is 2.20. The van der Waals surface area contributed by atoms with Crippen LogP contribution in [0.25, 0.3) is 10.2 Å². The van der Waals surface area contributed by atoms with Gasteiger partial charge in [0.05, 0.1) is 10.8 Å². The zero-order valence-electron chi connectivity index (χ0n) is 15.1. The molecule has 1 aromatic carbocycles. The van der Waals surface area contributed by atoms with Crippen LogP contribution in [0.5, 0.6) is 0 Å². The molecule has 3 aromatic rings. The Morgan fingerprint density at radius 1 is 1.23 bits per heavy atom. The third-order valence-electron chi connectivity index (χ3n) is 4.14. The topological polar surface area (TPSA) is 64.0 Å². The van der Waals surface area contributed by atoms with Gasteiger partial charge in [-0.15, -0.1) is 11.3 Å². The van der Waals surface area contributed by atoms with Gasteiger partial charge < -0.3 is 5.32 Å². The SMILES string of the molecule is CC(Sc1nc2ccsc2c(=O)n1C)C(=O)Nc1ccccc1C(C)C. The number of carbonyl (C=O) groups excluding carboxylic acids is 1. The number of amides is 1. The molecular weight excluding hydrogens is 366 g/mol. The zero-order chi connectivity index (χ0) is 18.8. The molecule has 0 bridgehead atoms. The Morgan fingerprint density at radius 3 is 2.69 bits per heavy atom. The first-order chi connectivity index (χ1) is 12.4. The minimum Gasteiger partial charge on any atom is -0.325 e. The van der Waals surface area contributed by atoms with Crippen LogP contribution in [0.15, 0.2) is 45.7 Å². The number of thioether (sulfide) groups is 1. The van der Waals surface area contributed by atoms with Crippen molar-refractivity contribution in [1.82, 2.24) is 9.55 Å². The van der Waals surface area contributed by atoms with E-state index in [4.69, 9.17) is 0 Å². The number of nitrogens with zero attached hydrogens (tertiary/aromatic N) is 2. The highest BCUT2D eigenvalue weighted by atomic mass is 32.2. The van der Waals surface area contributed by atoms with Gasteiger partial charge in [0.25, 0.3) is 5.56 Å². The number of rotatable bonds is 5. The molecule has 0 fully saturated rings. The number of thiophene rings is 1. The summed E-state index contributed by atoms with van der Waals surface area (Å²) < 4.78 is 2.15. The molecule has 0 aliphatic rings. The highest BCUT2D eigenvalue weighted by Crippen LogP contribution is 2.27. The number of fused-ring (bicyclic) bond motifs is 1. The molecule has 26 heavy (non-hydrogen) atoms. The molecule has 136 valence electrons. The maximum Gasteiger partial charge on any atom is 0.271 e. The number of nitrogens with one attached hydrogen (secondary N) is 1. The van der Waals surface area contributed by atoms with E-state index >= 15 is 0 Å². The molecule has 2 heterocycles. The second-order valence-electron chi connectivity index (χ2n) is 6.38. The number of hydrogen-bond acceptors (Lipinski definition) is 5. The summed E-state index contributed by atoms with van der Waals surface area (Å²) in [6.45, 7) is 6.01. The van der Waals surface area contributed by atoms with Gasteiger partial charge >= 0.3 is 0 Å². The smallest absolute Gasteiger partial charge is 0.271 e. The van der Waals surface area contributed by atoms with E-state index in [-0.39, 0.29) is 16.7 Å². The Labute approximate surface area is 160 Å². The third-order valence-corrected chi connectivity index (χ3v) is 6.17. The van der Waals surface area contributed by atoms with Crippen LogP contribution in [0.3, 0.4) is 0 Å². The van der Waals surface area contributed by atoms with Crippen molar-refractivity contribution in [3.8, 4) is 0 Å². The van der Waals surface area contributed by atoms with Crippen molar-refractivity contribution in [2.45, 2.75) is 37.1 Å². The first kappa shape index (κ1) is 18.7. The maximum absolute atomic E-state index is 12.7. The summed E-state index contributed by atoms with van der Waals surface area (Å²) in [5, 5.41) is 5.02. The van der Waals surface area contributed by atoms with Crippen molar-refractivity contribution in [2.24, 2.45) is 7.05 Å². The van der Waals surface area contributed by atoms with Crippen LogP contribution >= 0.6 is 23.1 Å². The third kappa shape index (κ3) is 3.68. The van der Waals surface area contributed by atoms with E-state index in [9.17, 15) is 9.59 Å². The van der Waals surface area contributed by atoms with Crippen molar-refractivity contribution in [1.29, 1.82) is 0 Å². The van der Waals surface area contributed by atoms with Gasteiger partial charge in [-0.05, 0) is 35.9 Å². The molecule has 0 aliphatic carbocycles. The van der Waals surface area contributed by atoms with E-state index in [1.54, 1.807) is 7.05 Å². The van der Waals surface area contributed by atoms with Gasteiger partial charge in [-0.25, -0.2) is 4.98 Å². The molecule has 1 N–H and O–H groups in total. The van der Waals surface area contributed by atoms with Gasteiger partial charge in [-0.1, -0.05) is 43.8 Å². The van der Waals surface area contributed by atoms with Gasteiger partial charge in [0.15, 0.2) is 5.16 Å². The van der Waals surface area contributed by atoms with Gasteiger partial charge in [-0.2, -0.15) is 0 Å². The fourth-order valence-electron chi connectivity index (χ4n) is 2.63.